The quantitative estimate of drug-likeness (QED) is 0.0443. The minimum absolute atomic E-state index is 0. The molecule has 8 saturated carbocycles. The first-order chi connectivity index (χ1) is 36.2. The molecule has 15 nitrogen and oxygen atoms in total. The Hall–Kier alpha value is -0.0473. The molecule has 424 valence electrons. The van der Waals surface area contributed by atoms with Gasteiger partial charge in [-0.2, -0.15) is 28.0 Å². The van der Waals surface area contributed by atoms with Gasteiger partial charge >= 0.3 is 103 Å². The summed E-state index contributed by atoms with van der Waals surface area (Å²) in [4.78, 5) is 37.4. The Kier molecular flexibility index (Phi) is 27.2. The van der Waals surface area contributed by atoms with Gasteiger partial charge in [0.1, 0.15) is 28.9 Å². The van der Waals surface area contributed by atoms with Gasteiger partial charge in [0.05, 0.1) is 35.3 Å². The molecule has 8 aliphatic rings. The van der Waals surface area contributed by atoms with Crippen LogP contribution in [0.5, 0.6) is 0 Å². The Labute approximate surface area is 564 Å². The van der Waals surface area contributed by atoms with Crippen LogP contribution in [-0.2, 0) is 35.3 Å². The summed E-state index contributed by atoms with van der Waals surface area (Å²) in [6.45, 7) is 5.96. The molecule has 78 heavy (non-hydrogen) atoms. The molecule has 0 aliphatic heterocycles. The molecule has 8 fully saturated rings. The molecule has 2 aromatic heterocycles. The first-order valence-corrected chi connectivity index (χ1v) is 30.0. The Bertz CT molecular complexity index is 2510. The van der Waals surface area contributed by atoms with Crippen molar-refractivity contribution in [3.05, 3.63) is 48.5 Å². The number of alkyl halides is 1. The summed E-state index contributed by atoms with van der Waals surface area (Å²) in [5.41, 5.74) is 2.78. The van der Waals surface area contributed by atoms with Crippen LogP contribution in [-0.4, -0.2) is 109 Å². The third-order valence-electron chi connectivity index (χ3n) is 20.9. The first kappa shape index (κ1) is 68.7. The average Bonchev–Trinajstić information content (AvgIpc) is 4.41. The number of carbonyl (C=O) groups excluding carboxylic acids is 3. The largest absolute Gasteiger partial charge is 1.00 e. The second kappa shape index (κ2) is 30.9. The summed E-state index contributed by atoms with van der Waals surface area (Å²) < 4.78 is 12.4. The number of hydrogen-bond donors (Lipinski definition) is 4. The van der Waals surface area contributed by atoms with Gasteiger partial charge in [-0.25, -0.2) is 4.68 Å². The number of nitrogens with one attached hydrogen (secondary N) is 1. The second-order valence-electron chi connectivity index (χ2n) is 24.3. The van der Waals surface area contributed by atoms with Gasteiger partial charge in [-0.3, -0.25) is 14.4 Å². The summed E-state index contributed by atoms with van der Waals surface area (Å²) in [6.07, 6.45) is 22.2. The minimum atomic E-state index is -0.623. The molecule has 0 amide bonds. The van der Waals surface area contributed by atoms with Crippen LogP contribution < -0.4 is 108 Å². The molecule has 0 saturated heterocycles. The summed E-state index contributed by atoms with van der Waals surface area (Å²) in [5, 5.41) is 49.6. The van der Waals surface area contributed by atoms with Gasteiger partial charge in [0.25, 0.3) is 6.47 Å². The topological polar surface area (TPSA) is 215 Å². The molecule has 12 rings (SSSR count). The zero-order chi connectivity index (χ0) is 53.5. The molecule has 3 N–H and O–H groups in total. The van der Waals surface area contributed by atoms with Crippen LogP contribution >= 0.6 is 28.6 Å². The Morgan fingerprint density at radius 1 is 0.692 bits per heavy atom. The number of para-hydroxylation sites is 3. The number of fused-ring (bicyclic) bond motifs is 12. The maximum atomic E-state index is 13.6. The first-order valence-electron chi connectivity index (χ1n) is 28.0. The smallest absolute Gasteiger partial charge is 1.00 e. The van der Waals surface area contributed by atoms with Gasteiger partial charge in [0.15, 0.2) is 5.78 Å². The van der Waals surface area contributed by atoms with Crippen molar-refractivity contribution in [3.8, 4) is 0 Å². The van der Waals surface area contributed by atoms with Crippen LogP contribution in [0.1, 0.15) is 138 Å². The van der Waals surface area contributed by atoms with Crippen molar-refractivity contribution >= 4 is 68.7 Å². The fraction of sp³-hybridized carbons (Fsp3) is 0.746. The van der Waals surface area contributed by atoms with Crippen LogP contribution in [0.3, 0.4) is 0 Å². The SMILES string of the molecule is C.COC[C@@]1(O)CC[C@H]2[C@H](CC[C@@H]3[C@@H]2CC[C@]2(C)[C@@H](C(=O)CBr)CC[C@@H]32)C1.COC[C@@]1(O)CC[C@H]2[C@H](CC[C@@H]3[C@@H]2CC[C@]2(C)[C@@H](C(=O)Cn4nnc5ccccc54)CC[C@@H]32)C1.CS.O=CO[O-].[H-].[K+].[K+].c1ccc2n[nH]nc2c1. The van der Waals surface area contributed by atoms with Gasteiger partial charge in [0.2, 0.25) is 0 Å². The molecule has 8 aliphatic carbocycles. The minimum Gasteiger partial charge on any atom is -1.00 e. The molecule has 4 aromatic rings. The number of hydrogen-bond acceptors (Lipinski definition) is 14. The molecular weight excluding hydrogens is 1130 g/mol. The number of aromatic amines is 1. The molecule has 19 heteroatoms. The number of methoxy groups -OCH3 is 2. The van der Waals surface area contributed by atoms with E-state index in [1.165, 1.54) is 70.6 Å². The van der Waals surface area contributed by atoms with Gasteiger partial charge in [-0.1, -0.05) is 66.7 Å². The number of H-pyrrole nitrogens is 1. The van der Waals surface area contributed by atoms with E-state index in [4.69, 9.17) is 19.5 Å². The molecule has 16 atom stereocenters. The number of thiol groups is 1. The van der Waals surface area contributed by atoms with Crippen LogP contribution in [0.25, 0.3) is 22.1 Å². The molecule has 0 bridgehead atoms. The maximum Gasteiger partial charge on any atom is 1.00 e. The number of carbonyl (C=O) groups is 3. The number of Topliss-reactive ketones (excluding diaryl/α,β-unsaturated/α-hetero) is 2. The monoisotopic (exact) mass is 1210 g/mol. The van der Waals surface area contributed by atoms with Crippen molar-refractivity contribution in [2.24, 2.45) is 81.8 Å². The van der Waals surface area contributed by atoms with E-state index in [1.54, 1.807) is 25.2 Å². The summed E-state index contributed by atoms with van der Waals surface area (Å²) in [6, 6.07) is 15.6. The Morgan fingerprint density at radius 3 is 1.58 bits per heavy atom. The normalized spacial score (nSPS) is 36.5. The number of nitrogens with zero attached hydrogens (tertiary/aromatic N) is 5. The fourth-order valence-electron chi connectivity index (χ4n) is 18.0. The Morgan fingerprint density at radius 2 is 1.13 bits per heavy atom. The van der Waals surface area contributed by atoms with Gasteiger partial charge < -0.3 is 31.3 Å². The van der Waals surface area contributed by atoms with Crippen LogP contribution in [0.2, 0.25) is 0 Å². The van der Waals surface area contributed by atoms with E-state index in [-0.39, 0.29) is 141 Å². The van der Waals surface area contributed by atoms with Crippen LogP contribution in [0, 0.1) is 81.8 Å². The second-order valence-corrected chi connectivity index (χ2v) is 24.9. The Balaban J connectivity index is 0.000000264. The van der Waals surface area contributed by atoms with E-state index in [2.05, 4.69) is 73.0 Å². The molecule has 2 aromatic carbocycles. The number of benzene rings is 2. The van der Waals surface area contributed by atoms with E-state index >= 15 is 0 Å². The zero-order valence-corrected chi connectivity index (χ0v) is 55.7. The standard InChI is InChI=1S/C28H39N3O3.C22H35BrO3.C6H5N3.CH2O3.CH4S.CH4.2K.H/c1-27-13-11-20-19-12-14-28(33,17-34-2)15-18(19)7-8-21(20)22(27)9-10-23(27)26(32)16-31-25-6-4-3-5-24(25)29-30-31;1-21-9-7-16-15-8-10-22(25,13-26-2)11-14(15)3-4-17(16)18(21)5-6-19(21)20(24)12-23;1-2-4-6-5(3-1)7-9-8-6;2-1-4-3;1-2;;;;/h3-6,18-23,33H,7-17H2,1-2H3;14-19,25H,3-13H2,1-2H3;1-4H,(H,7,8,9);1,3H;2H,1H3;1H4;;;/q;;;;;;2*+1;-1/p-1/t18-,19+,20-,21-,22+,23-,27+,28-;14-,15+,16-,17-,18+,19-,21+,22-;;;;;;;/m11......./s1. The summed E-state index contributed by atoms with van der Waals surface area (Å²) in [5.74, 6) is 8.63. The van der Waals surface area contributed by atoms with Crippen molar-refractivity contribution in [1.29, 1.82) is 0 Å². The number of aliphatic hydroxyl groups is 2. The number of aromatic nitrogens is 6. The van der Waals surface area contributed by atoms with E-state index in [0.29, 0.717) is 54.4 Å². The zero-order valence-electron chi connectivity index (χ0n) is 48.0. The van der Waals surface area contributed by atoms with Crippen molar-refractivity contribution in [1.82, 2.24) is 30.4 Å². The third kappa shape index (κ3) is 14.8. The molecule has 2 heterocycles. The van der Waals surface area contributed by atoms with E-state index < -0.39 is 11.2 Å². The van der Waals surface area contributed by atoms with E-state index in [9.17, 15) is 19.8 Å². The van der Waals surface area contributed by atoms with Gasteiger partial charge in [0, 0.05) is 26.1 Å². The van der Waals surface area contributed by atoms with E-state index in [1.807, 2.05) is 48.5 Å². The van der Waals surface area contributed by atoms with Crippen LogP contribution in [0.15, 0.2) is 48.5 Å². The fourth-order valence-corrected chi connectivity index (χ4v) is 18.3. The van der Waals surface area contributed by atoms with Gasteiger partial charge in [-0.05, 0) is 216 Å². The molecular formula is C59H89BrK2N6O9S. The summed E-state index contributed by atoms with van der Waals surface area (Å²) in [7, 11) is 3.40. The number of rotatable bonds is 10. The van der Waals surface area contributed by atoms with Crippen LogP contribution in [0.4, 0.5) is 0 Å². The molecule has 0 spiro atoms. The summed E-state index contributed by atoms with van der Waals surface area (Å²) >= 11 is 6.95. The van der Waals surface area contributed by atoms with Crippen molar-refractivity contribution in [2.45, 2.75) is 155 Å². The number of ether oxygens (including phenoxy) is 2. The molecule has 0 unspecified atom stereocenters. The number of halogens is 1. The van der Waals surface area contributed by atoms with Crippen molar-refractivity contribution in [2.75, 3.05) is 39.0 Å². The average molecular weight is 1220 g/mol. The predicted octanol–water partition coefficient (Wildman–Crippen LogP) is 3.94. The van der Waals surface area contributed by atoms with E-state index in [0.717, 1.165) is 108 Å². The number of ketones is 2. The predicted molar refractivity (Wildman–Crippen MR) is 300 cm³/mol. The van der Waals surface area contributed by atoms with Crippen molar-refractivity contribution < 1.29 is 148 Å². The molecule has 0 radical (unpaired) electrons. The third-order valence-corrected chi connectivity index (χ3v) is 21.5. The van der Waals surface area contributed by atoms with Crippen molar-refractivity contribution in [3.63, 3.8) is 0 Å². The van der Waals surface area contributed by atoms with Gasteiger partial charge in [-0.15, -0.1) is 5.10 Å². The maximum absolute atomic E-state index is 13.6.